The number of rotatable bonds is 5. The zero-order valence-electron chi connectivity index (χ0n) is 18.7. The summed E-state index contributed by atoms with van der Waals surface area (Å²) in [6.07, 6.45) is 4.27. The molecule has 0 saturated carbocycles. The number of benzene rings is 2. The van der Waals surface area contributed by atoms with Crippen molar-refractivity contribution in [3.8, 4) is 11.3 Å². The molecule has 5 aromatic rings. The van der Waals surface area contributed by atoms with Crippen LogP contribution in [0, 0.1) is 13.8 Å². The number of carbonyl (C=O) groups is 1. The molecule has 5 rings (SSSR count). The number of aromatic nitrogens is 5. The van der Waals surface area contributed by atoms with Crippen molar-refractivity contribution in [1.82, 2.24) is 23.8 Å². The highest BCUT2D eigenvalue weighted by Crippen LogP contribution is 2.23. The average Bonchev–Trinajstić information content (AvgIpc) is 3.38. The van der Waals surface area contributed by atoms with Gasteiger partial charge in [-0.05, 0) is 61.2 Å². The topological polar surface area (TPSA) is 85.7 Å². The van der Waals surface area contributed by atoms with Gasteiger partial charge in [-0.2, -0.15) is 5.10 Å². The Bertz CT molecular complexity index is 1560. The van der Waals surface area contributed by atoms with Gasteiger partial charge in [0.25, 0.3) is 0 Å². The van der Waals surface area contributed by atoms with E-state index in [1.54, 1.807) is 16.9 Å². The largest absolute Gasteiger partial charge is 0.350 e. The molecule has 0 atom stereocenters. The minimum absolute atomic E-state index is 0.180. The van der Waals surface area contributed by atoms with Crippen molar-refractivity contribution < 1.29 is 4.79 Å². The van der Waals surface area contributed by atoms with Gasteiger partial charge in [-0.1, -0.05) is 31.2 Å². The zero-order chi connectivity index (χ0) is 23.1. The van der Waals surface area contributed by atoms with Crippen LogP contribution in [-0.4, -0.2) is 29.7 Å². The smallest absolute Gasteiger partial charge is 0.324 e. The minimum Gasteiger partial charge on any atom is -0.324 e. The number of aryl methyl sites for hydroxylation is 3. The monoisotopic (exact) mass is 440 g/mol. The Labute approximate surface area is 190 Å². The summed E-state index contributed by atoms with van der Waals surface area (Å²) in [5.41, 5.74) is 6.83. The van der Waals surface area contributed by atoms with Crippen LogP contribution in [0.15, 0.2) is 65.7 Å². The van der Waals surface area contributed by atoms with E-state index in [9.17, 15) is 9.59 Å². The lowest BCUT2D eigenvalue weighted by Crippen LogP contribution is -2.28. The fourth-order valence-corrected chi connectivity index (χ4v) is 3.84. The summed E-state index contributed by atoms with van der Waals surface area (Å²) in [6.45, 7) is 6.03. The van der Waals surface area contributed by atoms with Crippen molar-refractivity contribution in [3.63, 3.8) is 0 Å². The van der Waals surface area contributed by atoms with Gasteiger partial charge in [0.05, 0.1) is 5.69 Å². The van der Waals surface area contributed by atoms with Gasteiger partial charge in [0.15, 0.2) is 5.65 Å². The van der Waals surface area contributed by atoms with Gasteiger partial charge < -0.3 is 5.32 Å². The molecule has 0 aliphatic rings. The molecule has 0 radical (unpaired) electrons. The maximum atomic E-state index is 12.9. The van der Waals surface area contributed by atoms with E-state index in [-0.39, 0.29) is 18.1 Å². The van der Waals surface area contributed by atoms with Crippen LogP contribution in [0.3, 0.4) is 0 Å². The number of nitrogens with one attached hydrogen (secondary N) is 1. The third-order valence-corrected chi connectivity index (χ3v) is 5.93. The maximum absolute atomic E-state index is 12.9. The van der Waals surface area contributed by atoms with Gasteiger partial charge in [-0.3, -0.25) is 4.79 Å². The molecular formula is C25H24N6O2. The molecule has 3 aromatic heterocycles. The normalized spacial score (nSPS) is 11.4. The molecule has 8 nitrogen and oxygen atoms in total. The van der Waals surface area contributed by atoms with Gasteiger partial charge in [-0.25, -0.2) is 18.4 Å². The number of hydrogen-bond donors (Lipinski definition) is 1. The van der Waals surface area contributed by atoms with E-state index >= 15 is 0 Å². The van der Waals surface area contributed by atoms with Gasteiger partial charge in [0.1, 0.15) is 12.1 Å². The molecule has 2 aromatic carbocycles. The summed E-state index contributed by atoms with van der Waals surface area (Å²) in [4.78, 5) is 25.4. The summed E-state index contributed by atoms with van der Waals surface area (Å²) in [5.74, 6) is -0.315. The third kappa shape index (κ3) is 3.80. The molecule has 3 heterocycles. The molecule has 1 amide bonds. The molecule has 33 heavy (non-hydrogen) atoms. The fraction of sp³-hybridized carbons (Fsp3) is 0.200. The SMILES string of the molecule is CCc1ccc(NC(=O)Cn2nc3c4cc(-c5ccc(C)c(C)c5)nn4ccn3c2=O)cc1. The van der Waals surface area contributed by atoms with E-state index in [1.165, 1.54) is 25.8 Å². The second kappa shape index (κ2) is 8.05. The Balaban J connectivity index is 1.46. The number of fused-ring (bicyclic) bond motifs is 3. The van der Waals surface area contributed by atoms with Crippen LogP contribution in [-0.2, 0) is 17.8 Å². The van der Waals surface area contributed by atoms with Crippen molar-refractivity contribution in [2.45, 2.75) is 33.7 Å². The second-order valence-corrected chi connectivity index (χ2v) is 8.19. The van der Waals surface area contributed by atoms with Crippen molar-refractivity contribution in [1.29, 1.82) is 0 Å². The molecule has 0 fully saturated rings. The summed E-state index contributed by atoms with van der Waals surface area (Å²) in [7, 11) is 0. The van der Waals surface area contributed by atoms with E-state index in [0.29, 0.717) is 16.9 Å². The highest BCUT2D eigenvalue weighted by atomic mass is 16.2. The molecule has 0 aliphatic heterocycles. The number of nitrogens with zero attached hydrogens (tertiary/aromatic N) is 5. The molecule has 0 unspecified atom stereocenters. The zero-order valence-corrected chi connectivity index (χ0v) is 18.7. The maximum Gasteiger partial charge on any atom is 0.350 e. The predicted molar refractivity (Wildman–Crippen MR) is 128 cm³/mol. The van der Waals surface area contributed by atoms with Crippen molar-refractivity contribution in [2.24, 2.45) is 0 Å². The van der Waals surface area contributed by atoms with Gasteiger partial charge in [0, 0.05) is 23.6 Å². The minimum atomic E-state index is -0.377. The first-order valence-electron chi connectivity index (χ1n) is 10.9. The molecule has 0 aliphatic carbocycles. The van der Waals surface area contributed by atoms with E-state index in [0.717, 1.165) is 17.7 Å². The average molecular weight is 441 g/mol. The lowest BCUT2D eigenvalue weighted by atomic mass is 10.0. The molecule has 1 N–H and O–H groups in total. The Morgan fingerprint density at radius 3 is 2.48 bits per heavy atom. The number of hydrogen-bond acceptors (Lipinski definition) is 4. The predicted octanol–water partition coefficient (Wildman–Crippen LogP) is 3.63. The molecule has 166 valence electrons. The Morgan fingerprint density at radius 1 is 0.970 bits per heavy atom. The van der Waals surface area contributed by atoms with Crippen molar-refractivity contribution in [3.05, 3.63) is 88.1 Å². The van der Waals surface area contributed by atoms with E-state index < -0.39 is 0 Å². The summed E-state index contributed by atoms with van der Waals surface area (Å²) in [5, 5.41) is 11.9. The van der Waals surface area contributed by atoms with Crippen LogP contribution < -0.4 is 11.0 Å². The van der Waals surface area contributed by atoms with Crippen molar-refractivity contribution >= 4 is 22.8 Å². The second-order valence-electron chi connectivity index (χ2n) is 8.19. The van der Waals surface area contributed by atoms with E-state index in [2.05, 4.69) is 48.4 Å². The number of carbonyl (C=O) groups excluding carboxylic acids is 1. The number of anilines is 1. The molecule has 0 saturated heterocycles. The Morgan fingerprint density at radius 2 is 1.76 bits per heavy atom. The lowest BCUT2D eigenvalue weighted by Gasteiger charge is -2.05. The van der Waals surface area contributed by atoms with E-state index in [1.807, 2.05) is 36.4 Å². The standard InChI is InChI=1S/C25H24N6O2/c1-4-18-6-9-20(10-7-18)26-23(32)15-31-25(33)29-11-12-30-22(24(29)28-31)14-21(27-30)19-8-5-16(2)17(3)13-19/h5-14H,4,15H2,1-3H3,(H,26,32). The number of amides is 1. The summed E-state index contributed by atoms with van der Waals surface area (Å²) in [6, 6.07) is 15.7. The van der Waals surface area contributed by atoms with Gasteiger partial charge in [-0.15, -0.1) is 5.10 Å². The lowest BCUT2D eigenvalue weighted by molar-refractivity contribution is -0.117. The molecular weight excluding hydrogens is 416 g/mol. The quantitative estimate of drug-likeness (QED) is 0.452. The molecule has 0 spiro atoms. The molecule has 0 bridgehead atoms. The highest BCUT2D eigenvalue weighted by molar-refractivity contribution is 5.90. The Hall–Kier alpha value is -4.20. The summed E-state index contributed by atoms with van der Waals surface area (Å²) < 4.78 is 4.31. The Kier molecular flexibility index (Phi) is 5.05. The van der Waals surface area contributed by atoms with Crippen LogP contribution in [0.2, 0.25) is 0 Å². The van der Waals surface area contributed by atoms with Gasteiger partial charge in [0.2, 0.25) is 5.91 Å². The van der Waals surface area contributed by atoms with Crippen LogP contribution in [0.1, 0.15) is 23.6 Å². The van der Waals surface area contributed by atoms with Crippen LogP contribution in [0.5, 0.6) is 0 Å². The fourth-order valence-electron chi connectivity index (χ4n) is 3.84. The highest BCUT2D eigenvalue weighted by Gasteiger charge is 2.15. The van der Waals surface area contributed by atoms with E-state index in [4.69, 9.17) is 0 Å². The first-order chi connectivity index (χ1) is 15.9. The first kappa shape index (κ1) is 20.7. The summed E-state index contributed by atoms with van der Waals surface area (Å²) >= 11 is 0. The molecule has 8 heteroatoms. The van der Waals surface area contributed by atoms with Crippen molar-refractivity contribution in [2.75, 3.05) is 5.32 Å². The third-order valence-electron chi connectivity index (χ3n) is 5.93. The van der Waals surface area contributed by atoms with Crippen LogP contribution in [0.25, 0.3) is 22.4 Å². The van der Waals surface area contributed by atoms with Crippen LogP contribution >= 0.6 is 0 Å². The van der Waals surface area contributed by atoms with Gasteiger partial charge >= 0.3 is 5.69 Å². The first-order valence-corrected chi connectivity index (χ1v) is 10.9. The van der Waals surface area contributed by atoms with Crippen LogP contribution in [0.4, 0.5) is 5.69 Å².